The van der Waals surface area contributed by atoms with Crippen LogP contribution in [0.15, 0.2) is 91.0 Å². The Hall–Kier alpha value is -2.37. The molecule has 0 radical (unpaired) electrons. The van der Waals surface area contributed by atoms with Gasteiger partial charge in [-0.25, -0.2) is 0 Å². The largest absolute Gasteiger partial charge is 0.294 e. The molecule has 0 heterocycles. The molecule has 0 atom stereocenters. The molecule has 142 valence electrons. The molecule has 3 aromatic carbocycles. The first-order valence-corrected chi connectivity index (χ1v) is 12.0. The van der Waals surface area contributed by atoms with Crippen LogP contribution < -0.4 is 15.9 Å². The number of hydrogen-bond donors (Lipinski definition) is 0. The van der Waals surface area contributed by atoms with Gasteiger partial charge in [0.2, 0.25) is 0 Å². The number of ketones is 1. The van der Waals surface area contributed by atoms with Crippen molar-refractivity contribution in [3.8, 4) is 0 Å². The topological polar surface area (TPSA) is 17.1 Å². The summed E-state index contributed by atoms with van der Waals surface area (Å²) in [5, 5.41) is 3.71. The maximum atomic E-state index is 13.7. The van der Waals surface area contributed by atoms with Gasteiger partial charge in [-0.15, -0.1) is 0 Å². The van der Waals surface area contributed by atoms with Crippen molar-refractivity contribution >= 4 is 34.4 Å². The summed E-state index contributed by atoms with van der Waals surface area (Å²) in [6, 6.07) is 31.8. The molecule has 0 aromatic heterocycles. The van der Waals surface area contributed by atoms with E-state index >= 15 is 0 Å². The second kappa shape index (κ2) is 7.94. The lowest BCUT2D eigenvalue weighted by atomic mass is 9.85. The molecular formula is C26H27OP. The molecule has 2 heteroatoms. The SMILES string of the molecule is CC1(C(=O)C=P(c2ccccc2)(c2ccccc2)c2ccccc2)CCCC1. The fraction of sp³-hybridized carbons (Fsp3) is 0.231. The molecule has 1 aliphatic rings. The average molecular weight is 386 g/mol. The van der Waals surface area contributed by atoms with Crippen molar-refractivity contribution in [1.82, 2.24) is 0 Å². The lowest BCUT2D eigenvalue weighted by Gasteiger charge is -2.30. The van der Waals surface area contributed by atoms with Crippen LogP contribution in [0.4, 0.5) is 0 Å². The zero-order valence-corrected chi connectivity index (χ0v) is 17.3. The van der Waals surface area contributed by atoms with Crippen molar-refractivity contribution in [2.24, 2.45) is 5.41 Å². The van der Waals surface area contributed by atoms with Gasteiger partial charge in [0.15, 0.2) is 5.78 Å². The lowest BCUT2D eigenvalue weighted by Crippen LogP contribution is -2.32. The minimum atomic E-state index is -2.18. The second-order valence-electron chi connectivity index (χ2n) is 7.99. The van der Waals surface area contributed by atoms with E-state index in [0.29, 0.717) is 5.78 Å². The Bertz CT molecular complexity index is 881. The molecule has 28 heavy (non-hydrogen) atoms. The highest BCUT2D eigenvalue weighted by Crippen LogP contribution is 2.46. The smallest absolute Gasteiger partial charge is 0.162 e. The third-order valence-electron chi connectivity index (χ3n) is 6.10. The normalized spacial score (nSPS) is 15.9. The molecule has 0 spiro atoms. The van der Waals surface area contributed by atoms with Crippen LogP contribution in [0.2, 0.25) is 0 Å². The maximum absolute atomic E-state index is 13.7. The monoisotopic (exact) mass is 386 g/mol. The summed E-state index contributed by atoms with van der Waals surface area (Å²) in [5.41, 5.74) is -0.219. The first-order valence-electron chi connectivity index (χ1n) is 10.1. The minimum Gasteiger partial charge on any atom is -0.294 e. The van der Waals surface area contributed by atoms with Gasteiger partial charge in [-0.3, -0.25) is 4.79 Å². The van der Waals surface area contributed by atoms with Gasteiger partial charge in [0.1, 0.15) is 0 Å². The predicted octanol–water partition coefficient (Wildman–Crippen LogP) is 4.93. The Morgan fingerprint density at radius 1 is 0.714 bits per heavy atom. The van der Waals surface area contributed by atoms with Crippen LogP contribution in [0, 0.1) is 5.41 Å². The van der Waals surface area contributed by atoms with Crippen LogP contribution in [0.25, 0.3) is 0 Å². The highest BCUT2D eigenvalue weighted by atomic mass is 31.2. The molecule has 4 rings (SSSR count). The van der Waals surface area contributed by atoms with Crippen LogP contribution in [-0.2, 0) is 4.79 Å². The number of hydrogen-bond acceptors (Lipinski definition) is 1. The van der Waals surface area contributed by atoms with Crippen LogP contribution in [0.1, 0.15) is 32.6 Å². The minimum absolute atomic E-state index is 0.219. The first-order chi connectivity index (χ1) is 13.7. The summed E-state index contributed by atoms with van der Waals surface area (Å²) in [5.74, 6) is 2.44. The standard InChI is InChI=1S/C26H27OP/c1-26(19-11-12-20-26)25(27)21-28(22-13-5-2-6-14-22,23-15-7-3-8-16-23)24-17-9-4-10-18-24/h2-10,13-18,21H,11-12,19-20H2,1H3. The van der Waals surface area contributed by atoms with Gasteiger partial charge >= 0.3 is 0 Å². The number of rotatable bonds is 5. The predicted molar refractivity (Wildman–Crippen MR) is 123 cm³/mol. The lowest BCUT2D eigenvalue weighted by molar-refractivity contribution is -0.120. The Kier molecular flexibility index (Phi) is 5.38. The molecule has 0 aliphatic heterocycles. The summed E-state index contributed by atoms with van der Waals surface area (Å²) >= 11 is 0. The van der Waals surface area contributed by atoms with Gasteiger partial charge in [-0.1, -0.05) is 111 Å². The summed E-state index contributed by atoms with van der Waals surface area (Å²) in [6.45, 7) is -0.0178. The zero-order chi connectivity index (χ0) is 19.5. The van der Waals surface area contributed by atoms with Gasteiger partial charge in [0.25, 0.3) is 0 Å². The Morgan fingerprint density at radius 3 is 1.43 bits per heavy atom. The molecule has 1 aliphatic carbocycles. The Morgan fingerprint density at radius 2 is 1.07 bits per heavy atom. The van der Waals surface area contributed by atoms with Crippen molar-refractivity contribution in [3.63, 3.8) is 0 Å². The summed E-state index contributed by atoms with van der Waals surface area (Å²) < 4.78 is 0. The number of Topliss-reactive ketones (excluding diaryl/α,β-unsaturated/α-hetero) is 1. The fourth-order valence-corrected chi connectivity index (χ4v) is 8.33. The summed E-state index contributed by atoms with van der Waals surface area (Å²) in [4.78, 5) is 13.7. The zero-order valence-electron chi connectivity index (χ0n) is 16.4. The molecule has 0 saturated heterocycles. The van der Waals surface area contributed by atoms with Crippen LogP contribution in [-0.4, -0.2) is 11.6 Å². The quantitative estimate of drug-likeness (QED) is 0.568. The molecule has 1 fully saturated rings. The van der Waals surface area contributed by atoms with Gasteiger partial charge in [-0.2, -0.15) is 0 Å². The molecule has 0 N–H and O–H groups in total. The third-order valence-corrected chi connectivity index (χ3v) is 10.1. The van der Waals surface area contributed by atoms with Crippen LogP contribution >= 0.6 is 6.89 Å². The molecule has 3 aromatic rings. The van der Waals surface area contributed by atoms with Crippen molar-refractivity contribution in [1.29, 1.82) is 0 Å². The van der Waals surface area contributed by atoms with E-state index in [4.69, 9.17) is 0 Å². The number of carbonyl (C=O) groups excluding carboxylic acids is 1. The number of carbonyl (C=O) groups is 1. The molecule has 1 saturated carbocycles. The third kappa shape index (κ3) is 3.40. The van der Waals surface area contributed by atoms with E-state index in [1.54, 1.807) is 0 Å². The molecule has 1 nitrogen and oxygen atoms in total. The van der Waals surface area contributed by atoms with E-state index in [1.807, 2.05) is 18.2 Å². The Labute approximate surface area is 168 Å². The van der Waals surface area contributed by atoms with E-state index in [2.05, 4.69) is 85.5 Å². The van der Waals surface area contributed by atoms with Gasteiger partial charge in [-0.05, 0) is 41.4 Å². The average Bonchev–Trinajstić information content (AvgIpc) is 3.22. The Balaban J connectivity index is 2.04. The van der Waals surface area contributed by atoms with Crippen molar-refractivity contribution < 1.29 is 4.79 Å². The van der Waals surface area contributed by atoms with Crippen LogP contribution in [0.3, 0.4) is 0 Å². The highest BCUT2D eigenvalue weighted by molar-refractivity contribution is 7.95. The van der Waals surface area contributed by atoms with Crippen molar-refractivity contribution in [3.05, 3.63) is 91.0 Å². The van der Waals surface area contributed by atoms with Gasteiger partial charge in [0, 0.05) is 5.41 Å². The van der Waals surface area contributed by atoms with E-state index in [-0.39, 0.29) is 5.41 Å². The van der Waals surface area contributed by atoms with E-state index in [0.717, 1.165) is 25.7 Å². The first kappa shape index (κ1) is 19.0. The van der Waals surface area contributed by atoms with E-state index in [9.17, 15) is 4.79 Å². The summed E-state index contributed by atoms with van der Waals surface area (Å²) in [6.07, 6.45) is 4.31. The summed E-state index contributed by atoms with van der Waals surface area (Å²) in [7, 11) is 0. The maximum Gasteiger partial charge on any atom is 0.162 e. The van der Waals surface area contributed by atoms with Crippen molar-refractivity contribution in [2.45, 2.75) is 32.6 Å². The molecular weight excluding hydrogens is 359 g/mol. The second-order valence-corrected chi connectivity index (χ2v) is 11.2. The van der Waals surface area contributed by atoms with Crippen molar-refractivity contribution in [2.75, 3.05) is 0 Å². The van der Waals surface area contributed by atoms with E-state index < -0.39 is 6.89 Å². The number of benzene rings is 3. The van der Waals surface area contributed by atoms with E-state index in [1.165, 1.54) is 15.9 Å². The molecule has 0 amide bonds. The highest BCUT2D eigenvalue weighted by Gasteiger charge is 2.37. The molecule has 0 unspecified atom stereocenters. The van der Waals surface area contributed by atoms with Crippen LogP contribution in [0.5, 0.6) is 0 Å². The van der Waals surface area contributed by atoms with Gasteiger partial charge in [0.05, 0.1) is 0 Å². The molecule has 0 bridgehead atoms. The van der Waals surface area contributed by atoms with Gasteiger partial charge < -0.3 is 0 Å². The fourth-order valence-electron chi connectivity index (χ4n) is 4.39.